The number of carbonyl (C=O) groups is 1. The number of aryl methyl sites for hydroxylation is 1. The maximum Gasteiger partial charge on any atom is 0.372 e. The van der Waals surface area contributed by atoms with E-state index in [2.05, 4.69) is 0 Å². The van der Waals surface area contributed by atoms with Crippen LogP contribution in [0.15, 0.2) is 34.9 Å². The van der Waals surface area contributed by atoms with Crippen LogP contribution in [0.25, 0.3) is 0 Å². The number of carboxylic acids is 1. The third kappa shape index (κ3) is 2.77. The Bertz CT molecular complexity index is 661. The molecule has 0 aliphatic rings. The van der Waals surface area contributed by atoms with Gasteiger partial charge in [-0.2, -0.15) is 0 Å². The molecule has 0 spiro atoms. The Kier molecular flexibility index (Phi) is 3.69. The summed E-state index contributed by atoms with van der Waals surface area (Å²) in [5.41, 5.74) is 0.945. The van der Waals surface area contributed by atoms with Crippen molar-refractivity contribution < 1.29 is 24.0 Å². The van der Waals surface area contributed by atoms with E-state index in [1.165, 1.54) is 24.5 Å². The Hall–Kier alpha value is -2.83. The van der Waals surface area contributed by atoms with Crippen LogP contribution >= 0.6 is 0 Å². The van der Waals surface area contributed by atoms with E-state index in [0.717, 1.165) is 5.56 Å². The standard InChI is InChI=1S/C13H11NO6/c1-8-2-3-10(14(17)18)11(6-8)20-7-9-4-5-19-12(9)13(15)16/h2-6H,7H2,1H3,(H,15,16). The third-order valence-electron chi connectivity index (χ3n) is 2.64. The molecule has 0 amide bonds. The van der Waals surface area contributed by atoms with Gasteiger partial charge in [-0.3, -0.25) is 10.1 Å². The number of benzene rings is 1. The fourth-order valence-electron chi connectivity index (χ4n) is 1.68. The van der Waals surface area contributed by atoms with E-state index < -0.39 is 10.9 Å². The Morgan fingerprint density at radius 3 is 2.85 bits per heavy atom. The molecule has 0 radical (unpaired) electrons. The van der Waals surface area contributed by atoms with Crippen LogP contribution in [0, 0.1) is 17.0 Å². The van der Waals surface area contributed by atoms with E-state index in [1.807, 2.05) is 0 Å². The van der Waals surface area contributed by atoms with Crippen molar-refractivity contribution in [3.05, 3.63) is 57.5 Å². The molecule has 104 valence electrons. The number of furan rings is 1. The number of aromatic carboxylic acids is 1. The van der Waals surface area contributed by atoms with E-state index in [-0.39, 0.29) is 23.8 Å². The van der Waals surface area contributed by atoms with Gasteiger partial charge in [0.25, 0.3) is 0 Å². The largest absolute Gasteiger partial charge is 0.482 e. The lowest BCUT2D eigenvalue weighted by Gasteiger charge is -2.07. The zero-order chi connectivity index (χ0) is 14.7. The van der Waals surface area contributed by atoms with Crippen molar-refractivity contribution in [2.75, 3.05) is 0 Å². The summed E-state index contributed by atoms with van der Waals surface area (Å²) < 4.78 is 10.2. The first-order valence-corrected chi connectivity index (χ1v) is 5.66. The molecular formula is C13H11NO6. The summed E-state index contributed by atoms with van der Waals surface area (Å²) in [7, 11) is 0. The first-order valence-electron chi connectivity index (χ1n) is 5.66. The average Bonchev–Trinajstić information content (AvgIpc) is 2.84. The number of nitrogens with zero attached hydrogens (tertiary/aromatic N) is 1. The van der Waals surface area contributed by atoms with Crippen molar-refractivity contribution in [3.63, 3.8) is 0 Å². The summed E-state index contributed by atoms with van der Waals surface area (Å²) in [6.07, 6.45) is 1.23. The number of nitro groups is 1. The molecule has 20 heavy (non-hydrogen) atoms. The molecule has 1 aromatic carbocycles. The number of carboxylic acid groups (broad SMARTS) is 1. The number of hydrogen-bond acceptors (Lipinski definition) is 5. The molecule has 2 aromatic rings. The highest BCUT2D eigenvalue weighted by molar-refractivity contribution is 5.86. The Balaban J connectivity index is 2.22. The molecule has 7 heteroatoms. The highest BCUT2D eigenvalue weighted by Gasteiger charge is 2.18. The molecular weight excluding hydrogens is 266 g/mol. The lowest BCUT2D eigenvalue weighted by atomic mass is 10.2. The van der Waals surface area contributed by atoms with Crippen molar-refractivity contribution >= 4 is 11.7 Å². The first-order chi connectivity index (χ1) is 9.49. The number of ether oxygens (including phenoxy) is 1. The van der Waals surface area contributed by atoms with E-state index in [9.17, 15) is 14.9 Å². The van der Waals surface area contributed by atoms with Gasteiger partial charge in [-0.1, -0.05) is 6.07 Å². The summed E-state index contributed by atoms with van der Waals surface area (Å²) in [6, 6.07) is 5.92. The average molecular weight is 277 g/mol. The van der Waals surface area contributed by atoms with Crippen molar-refractivity contribution in [2.24, 2.45) is 0 Å². The fraction of sp³-hybridized carbons (Fsp3) is 0.154. The topological polar surface area (TPSA) is 103 Å². The molecule has 1 N–H and O–H groups in total. The van der Waals surface area contributed by atoms with E-state index in [0.29, 0.717) is 5.56 Å². The van der Waals surface area contributed by atoms with Gasteiger partial charge >= 0.3 is 11.7 Å². The van der Waals surface area contributed by atoms with Crippen molar-refractivity contribution in [1.29, 1.82) is 0 Å². The SMILES string of the molecule is Cc1ccc([N+](=O)[O-])c(OCc2ccoc2C(=O)O)c1. The van der Waals surface area contributed by atoms with Gasteiger partial charge in [0.15, 0.2) is 5.75 Å². The van der Waals surface area contributed by atoms with E-state index >= 15 is 0 Å². The maximum absolute atomic E-state index is 10.9. The fourth-order valence-corrected chi connectivity index (χ4v) is 1.68. The minimum Gasteiger partial charge on any atom is -0.482 e. The highest BCUT2D eigenvalue weighted by Crippen LogP contribution is 2.28. The molecule has 0 atom stereocenters. The van der Waals surface area contributed by atoms with Gasteiger partial charge in [0, 0.05) is 11.6 Å². The molecule has 0 bridgehead atoms. The van der Waals surface area contributed by atoms with E-state index in [4.69, 9.17) is 14.3 Å². The minimum atomic E-state index is -1.22. The van der Waals surface area contributed by atoms with Gasteiger partial charge in [0.1, 0.15) is 6.61 Å². The Labute approximate surface area is 113 Å². The molecule has 7 nitrogen and oxygen atoms in total. The smallest absolute Gasteiger partial charge is 0.372 e. The number of rotatable bonds is 5. The van der Waals surface area contributed by atoms with Crippen LogP contribution in [0.3, 0.4) is 0 Å². The van der Waals surface area contributed by atoms with Crippen LogP contribution in [0.5, 0.6) is 5.75 Å². The van der Waals surface area contributed by atoms with Crippen LogP contribution in [0.1, 0.15) is 21.7 Å². The zero-order valence-electron chi connectivity index (χ0n) is 10.5. The van der Waals surface area contributed by atoms with Crippen molar-refractivity contribution in [3.8, 4) is 5.75 Å². The summed E-state index contributed by atoms with van der Waals surface area (Å²) >= 11 is 0. The van der Waals surface area contributed by atoms with Crippen LogP contribution < -0.4 is 4.74 Å². The molecule has 0 unspecified atom stereocenters. The van der Waals surface area contributed by atoms with Gasteiger partial charge in [-0.05, 0) is 24.6 Å². The van der Waals surface area contributed by atoms with Gasteiger partial charge in [-0.25, -0.2) is 4.79 Å². The molecule has 0 aliphatic carbocycles. The minimum absolute atomic E-state index is 0.0903. The third-order valence-corrected chi connectivity index (χ3v) is 2.64. The molecule has 1 heterocycles. The zero-order valence-corrected chi connectivity index (χ0v) is 10.5. The van der Waals surface area contributed by atoms with Gasteiger partial charge in [-0.15, -0.1) is 0 Å². The first kappa shape index (κ1) is 13.6. The monoisotopic (exact) mass is 277 g/mol. The van der Waals surface area contributed by atoms with Crippen molar-refractivity contribution in [1.82, 2.24) is 0 Å². The van der Waals surface area contributed by atoms with Crippen LogP contribution in [0.2, 0.25) is 0 Å². The molecule has 0 saturated carbocycles. The number of hydrogen-bond donors (Lipinski definition) is 1. The van der Waals surface area contributed by atoms with Crippen LogP contribution in [0.4, 0.5) is 5.69 Å². The lowest BCUT2D eigenvalue weighted by molar-refractivity contribution is -0.386. The molecule has 1 aromatic heterocycles. The Morgan fingerprint density at radius 2 is 2.20 bits per heavy atom. The summed E-state index contributed by atoms with van der Waals surface area (Å²) in [5, 5.41) is 19.8. The van der Waals surface area contributed by atoms with Gasteiger partial charge < -0.3 is 14.3 Å². The molecule has 2 rings (SSSR count). The second-order valence-corrected chi connectivity index (χ2v) is 4.10. The summed E-state index contributed by atoms with van der Waals surface area (Å²) in [6.45, 7) is 1.65. The lowest BCUT2D eigenvalue weighted by Crippen LogP contribution is -2.04. The quantitative estimate of drug-likeness (QED) is 0.665. The summed E-state index contributed by atoms with van der Waals surface area (Å²) in [5.74, 6) is -1.36. The normalized spacial score (nSPS) is 10.2. The predicted octanol–water partition coefficient (Wildman–Crippen LogP) is 2.77. The van der Waals surface area contributed by atoms with Crippen LogP contribution in [-0.4, -0.2) is 16.0 Å². The Morgan fingerprint density at radius 1 is 1.45 bits per heavy atom. The molecule has 0 aliphatic heterocycles. The van der Waals surface area contributed by atoms with E-state index in [1.54, 1.807) is 13.0 Å². The van der Waals surface area contributed by atoms with Gasteiger partial charge in [0.2, 0.25) is 5.76 Å². The summed E-state index contributed by atoms with van der Waals surface area (Å²) in [4.78, 5) is 21.2. The molecule has 0 fully saturated rings. The predicted molar refractivity (Wildman–Crippen MR) is 67.8 cm³/mol. The molecule has 0 saturated heterocycles. The highest BCUT2D eigenvalue weighted by atomic mass is 16.6. The maximum atomic E-state index is 10.9. The van der Waals surface area contributed by atoms with Crippen LogP contribution in [-0.2, 0) is 6.61 Å². The second kappa shape index (κ2) is 5.43. The van der Waals surface area contributed by atoms with Crippen molar-refractivity contribution in [2.45, 2.75) is 13.5 Å². The second-order valence-electron chi connectivity index (χ2n) is 4.10. The number of nitro benzene ring substituents is 1. The van der Waals surface area contributed by atoms with Gasteiger partial charge in [0.05, 0.1) is 11.2 Å².